The Labute approximate surface area is 138 Å². The van der Waals surface area contributed by atoms with Crippen LogP contribution in [-0.2, 0) is 14.8 Å². The molecule has 112 valence electrons. The summed E-state index contributed by atoms with van der Waals surface area (Å²) in [5.74, 6) is -0.928. The summed E-state index contributed by atoms with van der Waals surface area (Å²) < 4.78 is 28.1. The van der Waals surface area contributed by atoms with Crippen LogP contribution >= 0.6 is 43.2 Å². The summed E-state index contributed by atoms with van der Waals surface area (Å²) in [6.07, 6.45) is 2.67. The molecule has 0 radical (unpaired) electrons. The van der Waals surface area contributed by atoms with Gasteiger partial charge in [0.2, 0.25) is 10.0 Å². The van der Waals surface area contributed by atoms with Crippen LogP contribution in [-0.4, -0.2) is 26.0 Å². The maximum Gasteiger partial charge on any atom is 0.310 e. The SMILES string of the molecule is O=C(O)C1(CNS(=O)(=O)c2cc(Br)sc2Br)CCCC1. The number of nitrogens with one attached hydrogen (secondary N) is 1. The molecule has 0 spiro atoms. The third-order valence-electron chi connectivity index (χ3n) is 3.53. The highest BCUT2D eigenvalue weighted by molar-refractivity contribution is 9.12. The zero-order chi connectivity index (χ0) is 15.0. The van der Waals surface area contributed by atoms with Crippen LogP contribution in [0.1, 0.15) is 25.7 Å². The first kappa shape index (κ1) is 16.4. The van der Waals surface area contributed by atoms with E-state index in [4.69, 9.17) is 0 Å². The van der Waals surface area contributed by atoms with Crippen molar-refractivity contribution in [2.75, 3.05) is 6.54 Å². The van der Waals surface area contributed by atoms with E-state index in [9.17, 15) is 18.3 Å². The molecule has 0 aromatic carbocycles. The Morgan fingerprint density at radius 2 is 2.00 bits per heavy atom. The number of carboxylic acids is 1. The van der Waals surface area contributed by atoms with Gasteiger partial charge in [0.25, 0.3) is 0 Å². The van der Waals surface area contributed by atoms with Gasteiger partial charge in [-0.25, -0.2) is 13.1 Å². The van der Waals surface area contributed by atoms with E-state index in [0.29, 0.717) is 20.4 Å². The summed E-state index contributed by atoms with van der Waals surface area (Å²) in [4.78, 5) is 11.5. The third kappa shape index (κ3) is 3.27. The van der Waals surface area contributed by atoms with Crippen molar-refractivity contribution in [1.82, 2.24) is 4.72 Å². The third-order valence-corrected chi connectivity index (χ3v) is 7.69. The molecule has 1 fully saturated rings. The van der Waals surface area contributed by atoms with E-state index in [1.807, 2.05) is 0 Å². The lowest BCUT2D eigenvalue weighted by atomic mass is 9.87. The van der Waals surface area contributed by atoms with Gasteiger partial charge in [0.15, 0.2) is 0 Å². The number of carboxylic acid groups (broad SMARTS) is 1. The predicted molar refractivity (Wildman–Crippen MR) is 83.4 cm³/mol. The average Bonchev–Trinajstić information content (AvgIpc) is 2.94. The fourth-order valence-electron chi connectivity index (χ4n) is 2.34. The minimum Gasteiger partial charge on any atom is -0.481 e. The molecular formula is C11H13Br2NO4S2. The van der Waals surface area contributed by atoms with Crippen LogP contribution < -0.4 is 4.72 Å². The molecule has 0 atom stereocenters. The van der Waals surface area contributed by atoms with Crippen LogP contribution in [0.5, 0.6) is 0 Å². The summed E-state index contributed by atoms with van der Waals surface area (Å²) in [6.45, 7) is -0.0649. The van der Waals surface area contributed by atoms with Crippen LogP contribution in [0, 0.1) is 5.41 Å². The second-order valence-electron chi connectivity index (χ2n) is 4.81. The van der Waals surface area contributed by atoms with Gasteiger partial charge in [-0.1, -0.05) is 12.8 Å². The maximum absolute atomic E-state index is 12.2. The molecule has 1 aliphatic rings. The van der Waals surface area contributed by atoms with Crippen LogP contribution in [0.25, 0.3) is 0 Å². The highest BCUT2D eigenvalue weighted by Crippen LogP contribution is 2.39. The van der Waals surface area contributed by atoms with E-state index >= 15 is 0 Å². The quantitative estimate of drug-likeness (QED) is 0.727. The van der Waals surface area contributed by atoms with Crippen molar-refractivity contribution in [2.24, 2.45) is 5.41 Å². The zero-order valence-electron chi connectivity index (χ0n) is 10.4. The van der Waals surface area contributed by atoms with Gasteiger partial charge in [-0.3, -0.25) is 4.79 Å². The predicted octanol–water partition coefficient (Wildman–Crippen LogP) is 3.20. The standard InChI is InChI=1S/C11H13Br2NO4S2/c12-8-5-7(9(13)19-8)20(17,18)14-6-11(10(15)16)3-1-2-4-11/h5,14H,1-4,6H2,(H,15,16). The molecule has 1 saturated carbocycles. The monoisotopic (exact) mass is 445 g/mol. The minimum absolute atomic E-state index is 0.0649. The van der Waals surface area contributed by atoms with Crippen molar-refractivity contribution in [3.05, 3.63) is 13.6 Å². The molecular weight excluding hydrogens is 434 g/mol. The lowest BCUT2D eigenvalue weighted by Crippen LogP contribution is -2.41. The molecule has 0 saturated heterocycles. The zero-order valence-corrected chi connectivity index (χ0v) is 15.2. The number of hydrogen-bond donors (Lipinski definition) is 2. The van der Waals surface area contributed by atoms with Gasteiger partial charge in [-0.2, -0.15) is 0 Å². The number of sulfonamides is 1. The molecule has 0 bridgehead atoms. The molecule has 2 N–H and O–H groups in total. The van der Waals surface area contributed by atoms with E-state index in [2.05, 4.69) is 36.6 Å². The molecule has 5 nitrogen and oxygen atoms in total. The number of carbonyl (C=O) groups is 1. The molecule has 0 aliphatic heterocycles. The summed E-state index contributed by atoms with van der Waals surface area (Å²) >= 11 is 7.69. The summed E-state index contributed by atoms with van der Waals surface area (Å²) in [6, 6.07) is 1.50. The largest absolute Gasteiger partial charge is 0.481 e. The van der Waals surface area contributed by atoms with Crippen molar-refractivity contribution in [3.63, 3.8) is 0 Å². The first-order valence-corrected chi connectivity index (χ1v) is 9.83. The summed E-state index contributed by atoms with van der Waals surface area (Å²) in [5, 5.41) is 9.34. The topological polar surface area (TPSA) is 83.5 Å². The Bertz CT molecular complexity index is 620. The molecule has 1 aliphatic carbocycles. The van der Waals surface area contributed by atoms with Gasteiger partial charge >= 0.3 is 5.97 Å². The van der Waals surface area contributed by atoms with Gasteiger partial charge in [0.05, 0.1) is 13.0 Å². The molecule has 0 amide bonds. The van der Waals surface area contributed by atoms with E-state index in [1.54, 1.807) is 0 Å². The maximum atomic E-state index is 12.2. The lowest BCUT2D eigenvalue weighted by molar-refractivity contribution is -0.148. The van der Waals surface area contributed by atoms with Crippen LogP contribution in [0.4, 0.5) is 0 Å². The number of aliphatic carboxylic acids is 1. The smallest absolute Gasteiger partial charge is 0.310 e. The van der Waals surface area contributed by atoms with Crippen molar-refractivity contribution < 1.29 is 18.3 Å². The van der Waals surface area contributed by atoms with E-state index in [0.717, 1.165) is 12.8 Å². The molecule has 2 rings (SSSR count). The highest BCUT2D eigenvalue weighted by atomic mass is 79.9. The van der Waals surface area contributed by atoms with Gasteiger partial charge in [0, 0.05) is 6.54 Å². The van der Waals surface area contributed by atoms with Gasteiger partial charge < -0.3 is 5.11 Å². The van der Waals surface area contributed by atoms with Crippen molar-refractivity contribution in [3.8, 4) is 0 Å². The molecule has 9 heteroatoms. The van der Waals surface area contributed by atoms with Gasteiger partial charge in [-0.15, -0.1) is 11.3 Å². The van der Waals surface area contributed by atoms with Crippen LogP contribution in [0.3, 0.4) is 0 Å². The van der Waals surface area contributed by atoms with Crippen molar-refractivity contribution in [1.29, 1.82) is 0 Å². The number of hydrogen-bond acceptors (Lipinski definition) is 4. The minimum atomic E-state index is -3.71. The fourth-order valence-corrected chi connectivity index (χ4v) is 7.27. The number of halogens is 2. The Kier molecular flexibility index (Phi) is 4.95. The Balaban J connectivity index is 2.17. The van der Waals surface area contributed by atoms with Crippen LogP contribution in [0.15, 0.2) is 18.5 Å². The second-order valence-corrected chi connectivity index (χ2v) is 10.3. The van der Waals surface area contributed by atoms with Gasteiger partial charge in [-0.05, 0) is 50.8 Å². The van der Waals surface area contributed by atoms with Crippen molar-refractivity contribution >= 4 is 59.2 Å². The molecule has 20 heavy (non-hydrogen) atoms. The normalized spacial score (nSPS) is 18.3. The van der Waals surface area contributed by atoms with Crippen LogP contribution in [0.2, 0.25) is 0 Å². The summed E-state index contributed by atoms with van der Waals surface area (Å²) in [5.41, 5.74) is -0.965. The second kappa shape index (κ2) is 6.04. The van der Waals surface area contributed by atoms with Crippen molar-refractivity contribution in [2.45, 2.75) is 30.6 Å². The molecule has 0 unspecified atom stereocenters. The fraction of sp³-hybridized carbons (Fsp3) is 0.545. The number of thiophene rings is 1. The van der Waals surface area contributed by atoms with Gasteiger partial charge in [0.1, 0.15) is 4.90 Å². The highest BCUT2D eigenvalue weighted by Gasteiger charge is 2.42. The number of rotatable bonds is 5. The molecule has 1 aromatic rings. The Morgan fingerprint density at radius 1 is 1.40 bits per heavy atom. The molecule has 1 heterocycles. The average molecular weight is 447 g/mol. The van der Waals surface area contributed by atoms with E-state index in [1.165, 1.54) is 17.4 Å². The summed E-state index contributed by atoms with van der Waals surface area (Å²) in [7, 11) is -3.71. The Morgan fingerprint density at radius 3 is 2.45 bits per heavy atom. The first-order valence-electron chi connectivity index (χ1n) is 5.95. The van der Waals surface area contributed by atoms with E-state index < -0.39 is 21.4 Å². The van der Waals surface area contributed by atoms with E-state index in [-0.39, 0.29) is 11.4 Å². The lowest BCUT2D eigenvalue weighted by Gasteiger charge is -2.23. The Hall–Kier alpha value is 0.0400. The first-order chi connectivity index (χ1) is 9.27. The molecule has 1 aromatic heterocycles.